The van der Waals surface area contributed by atoms with Crippen molar-refractivity contribution < 1.29 is 23.9 Å². The molecule has 0 bridgehead atoms. The summed E-state index contributed by atoms with van der Waals surface area (Å²) in [6.07, 6.45) is 3.60. The average Bonchev–Trinajstić information content (AvgIpc) is 3.33. The molecular formula is C27H24N2O6. The molecule has 0 spiro atoms. The van der Waals surface area contributed by atoms with E-state index in [4.69, 9.17) is 14.2 Å². The highest BCUT2D eigenvalue weighted by atomic mass is 16.6. The van der Waals surface area contributed by atoms with Gasteiger partial charge in [0.25, 0.3) is 5.69 Å². The molecule has 0 aliphatic rings. The Bertz CT molecular complexity index is 1360. The number of aromatic nitrogens is 1. The van der Waals surface area contributed by atoms with Gasteiger partial charge in [0, 0.05) is 46.9 Å². The third-order valence-electron chi connectivity index (χ3n) is 5.72. The lowest BCUT2D eigenvalue weighted by atomic mass is 9.97. The van der Waals surface area contributed by atoms with Crippen LogP contribution < -0.4 is 14.2 Å². The van der Waals surface area contributed by atoms with Crippen molar-refractivity contribution in [3.63, 3.8) is 0 Å². The van der Waals surface area contributed by atoms with Crippen molar-refractivity contribution in [2.75, 3.05) is 21.3 Å². The number of ether oxygens (including phenoxy) is 3. The van der Waals surface area contributed by atoms with Crippen molar-refractivity contribution >= 4 is 11.5 Å². The minimum atomic E-state index is -0.455. The minimum Gasteiger partial charge on any atom is -0.493 e. The Morgan fingerprint density at radius 2 is 1.46 bits per heavy atom. The number of hydrogen-bond acceptors (Lipinski definition) is 6. The first-order chi connectivity index (χ1) is 16.9. The first kappa shape index (κ1) is 23.6. The normalized spacial score (nSPS) is 10.6. The number of rotatable bonds is 8. The fraction of sp³-hybridized carbons (Fsp3) is 0.148. The number of carbonyl (C=O) groups is 1. The van der Waals surface area contributed by atoms with Gasteiger partial charge in [-0.3, -0.25) is 14.9 Å². The van der Waals surface area contributed by atoms with E-state index in [0.29, 0.717) is 39.5 Å². The van der Waals surface area contributed by atoms with Crippen LogP contribution in [-0.2, 0) is 0 Å². The Hall–Kier alpha value is -4.59. The van der Waals surface area contributed by atoms with E-state index in [2.05, 4.69) is 0 Å². The molecule has 1 aromatic heterocycles. The third-order valence-corrected chi connectivity index (χ3v) is 5.72. The zero-order valence-corrected chi connectivity index (χ0v) is 19.8. The fourth-order valence-corrected chi connectivity index (χ4v) is 3.86. The topological polar surface area (TPSA) is 92.8 Å². The van der Waals surface area contributed by atoms with Crippen LogP contribution in [0.15, 0.2) is 73.1 Å². The maximum absolute atomic E-state index is 13.8. The van der Waals surface area contributed by atoms with Gasteiger partial charge in [0.1, 0.15) is 0 Å². The standard InChI is InChI=1S/C27H24N2O6/c1-17-5-9-20(10-6-17)28-15-22(18-7-11-21(12-8-18)29(31)32)23(16-28)26(30)19-13-24(33-2)27(35-4)25(14-19)34-3/h5-16H,1-4H3. The van der Waals surface area contributed by atoms with Gasteiger partial charge in [-0.05, 0) is 48.9 Å². The van der Waals surface area contributed by atoms with E-state index in [9.17, 15) is 14.9 Å². The second kappa shape index (κ2) is 9.72. The van der Waals surface area contributed by atoms with Gasteiger partial charge in [-0.15, -0.1) is 0 Å². The van der Waals surface area contributed by atoms with Gasteiger partial charge in [0.2, 0.25) is 5.75 Å². The molecule has 8 nitrogen and oxygen atoms in total. The number of hydrogen-bond donors (Lipinski definition) is 0. The molecule has 0 aliphatic heterocycles. The summed E-state index contributed by atoms with van der Waals surface area (Å²) in [6.45, 7) is 2.00. The molecule has 4 rings (SSSR count). The van der Waals surface area contributed by atoms with Crippen LogP contribution in [0.4, 0.5) is 5.69 Å². The zero-order valence-electron chi connectivity index (χ0n) is 19.8. The van der Waals surface area contributed by atoms with Crippen molar-refractivity contribution in [2.24, 2.45) is 0 Å². The molecule has 0 amide bonds. The fourth-order valence-electron chi connectivity index (χ4n) is 3.86. The van der Waals surface area contributed by atoms with Crippen LogP contribution in [0, 0.1) is 17.0 Å². The summed E-state index contributed by atoms with van der Waals surface area (Å²) in [7, 11) is 4.47. The largest absolute Gasteiger partial charge is 0.493 e. The number of benzene rings is 3. The maximum atomic E-state index is 13.8. The Labute approximate surface area is 202 Å². The molecule has 0 aliphatic carbocycles. The molecule has 4 aromatic rings. The highest BCUT2D eigenvalue weighted by Gasteiger charge is 2.23. The van der Waals surface area contributed by atoms with Gasteiger partial charge in [-0.25, -0.2) is 0 Å². The van der Waals surface area contributed by atoms with Crippen LogP contribution in [0.2, 0.25) is 0 Å². The molecule has 178 valence electrons. The highest BCUT2D eigenvalue weighted by molar-refractivity contribution is 6.13. The van der Waals surface area contributed by atoms with E-state index >= 15 is 0 Å². The molecule has 0 radical (unpaired) electrons. The lowest BCUT2D eigenvalue weighted by Crippen LogP contribution is -2.04. The number of nitro groups is 1. The highest BCUT2D eigenvalue weighted by Crippen LogP contribution is 2.39. The van der Waals surface area contributed by atoms with Gasteiger partial charge in [0.05, 0.1) is 26.3 Å². The Morgan fingerprint density at radius 3 is 1.97 bits per heavy atom. The predicted molar refractivity (Wildman–Crippen MR) is 132 cm³/mol. The van der Waals surface area contributed by atoms with Crippen LogP contribution in [0.5, 0.6) is 17.2 Å². The van der Waals surface area contributed by atoms with E-state index in [1.807, 2.05) is 42.0 Å². The second-order valence-corrected chi connectivity index (χ2v) is 7.88. The number of methoxy groups -OCH3 is 3. The van der Waals surface area contributed by atoms with Crippen molar-refractivity contribution in [1.82, 2.24) is 4.57 Å². The minimum absolute atomic E-state index is 0.0239. The first-order valence-corrected chi connectivity index (χ1v) is 10.7. The van der Waals surface area contributed by atoms with Crippen LogP contribution in [0.25, 0.3) is 16.8 Å². The van der Waals surface area contributed by atoms with Gasteiger partial charge in [-0.2, -0.15) is 0 Å². The summed E-state index contributed by atoms with van der Waals surface area (Å²) in [4.78, 5) is 24.4. The van der Waals surface area contributed by atoms with Gasteiger partial charge < -0.3 is 18.8 Å². The van der Waals surface area contributed by atoms with E-state index in [1.165, 1.54) is 33.5 Å². The summed E-state index contributed by atoms with van der Waals surface area (Å²) in [6, 6.07) is 17.2. The van der Waals surface area contributed by atoms with Gasteiger partial charge >= 0.3 is 0 Å². The molecule has 35 heavy (non-hydrogen) atoms. The van der Waals surface area contributed by atoms with E-state index in [-0.39, 0.29) is 11.5 Å². The lowest BCUT2D eigenvalue weighted by Gasteiger charge is -2.14. The molecule has 0 atom stereocenters. The third kappa shape index (κ3) is 4.59. The van der Waals surface area contributed by atoms with Crippen molar-refractivity contribution in [2.45, 2.75) is 6.92 Å². The summed E-state index contributed by atoms with van der Waals surface area (Å²) in [5.74, 6) is 0.859. The first-order valence-electron chi connectivity index (χ1n) is 10.7. The second-order valence-electron chi connectivity index (χ2n) is 7.88. The number of carbonyl (C=O) groups excluding carboxylic acids is 1. The molecule has 1 heterocycles. The zero-order chi connectivity index (χ0) is 25.1. The van der Waals surface area contributed by atoms with Crippen molar-refractivity contribution in [3.8, 4) is 34.1 Å². The lowest BCUT2D eigenvalue weighted by molar-refractivity contribution is -0.384. The number of nitro benzene ring substituents is 1. The van der Waals surface area contributed by atoms with Crippen LogP contribution >= 0.6 is 0 Å². The number of aryl methyl sites for hydroxylation is 1. The molecule has 0 N–H and O–H groups in total. The molecule has 3 aromatic carbocycles. The van der Waals surface area contributed by atoms with E-state index in [1.54, 1.807) is 30.5 Å². The Kier molecular flexibility index (Phi) is 6.55. The summed E-state index contributed by atoms with van der Waals surface area (Å²) >= 11 is 0. The molecule has 0 unspecified atom stereocenters. The molecular weight excluding hydrogens is 448 g/mol. The quantitative estimate of drug-likeness (QED) is 0.188. The van der Waals surface area contributed by atoms with E-state index < -0.39 is 4.92 Å². The molecule has 8 heteroatoms. The molecule has 0 fully saturated rings. The smallest absolute Gasteiger partial charge is 0.269 e. The van der Waals surface area contributed by atoms with Crippen molar-refractivity contribution in [1.29, 1.82) is 0 Å². The number of ketones is 1. The summed E-state index contributed by atoms with van der Waals surface area (Å²) < 4.78 is 18.1. The van der Waals surface area contributed by atoms with Crippen molar-refractivity contribution in [3.05, 3.63) is 99.9 Å². The number of nitrogens with zero attached hydrogens (tertiary/aromatic N) is 2. The maximum Gasteiger partial charge on any atom is 0.269 e. The van der Waals surface area contributed by atoms with Crippen LogP contribution in [-0.4, -0.2) is 36.6 Å². The monoisotopic (exact) mass is 472 g/mol. The van der Waals surface area contributed by atoms with Crippen LogP contribution in [0.3, 0.4) is 0 Å². The summed E-state index contributed by atoms with van der Waals surface area (Å²) in [5.41, 5.74) is 4.06. The summed E-state index contributed by atoms with van der Waals surface area (Å²) in [5, 5.41) is 11.1. The molecule has 0 saturated heterocycles. The number of non-ortho nitro benzene ring substituents is 1. The molecule has 0 saturated carbocycles. The van der Waals surface area contributed by atoms with Gasteiger partial charge in [0.15, 0.2) is 17.3 Å². The van der Waals surface area contributed by atoms with E-state index in [0.717, 1.165) is 11.3 Å². The SMILES string of the molecule is COc1cc(C(=O)c2cn(-c3ccc(C)cc3)cc2-c2ccc([N+](=O)[O-])cc2)cc(OC)c1OC. The average molecular weight is 472 g/mol. The Morgan fingerprint density at radius 1 is 0.857 bits per heavy atom. The van der Waals surface area contributed by atoms with Crippen LogP contribution in [0.1, 0.15) is 21.5 Å². The van der Waals surface area contributed by atoms with Gasteiger partial charge in [-0.1, -0.05) is 17.7 Å². The predicted octanol–water partition coefficient (Wildman–Crippen LogP) is 5.62. The Balaban J connectivity index is 1.87.